The van der Waals surface area contributed by atoms with Crippen molar-refractivity contribution in [3.63, 3.8) is 0 Å². The van der Waals surface area contributed by atoms with E-state index in [1.54, 1.807) is 0 Å². The van der Waals surface area contributed by atoms with E-state index in [0.29, 0.717) is 6.07 Å². The topological polar surface area (TPSA) is 89.9 Å². The van der Waals surface area contributed by atoms with Crippen LogP contribution in [-0.2, 0) is 0 Å². The molecule has 2 N–H and O–H groups in total. The average molecular weight is 241 g/mol. The van der Waals surface area contributed by atoms with Crippen molar-refractivity contribution < 1.29 is 13.6 Å². The summed E-state index contributed by atoms with van der Waals surface area (Å²) in [6, 6.07) is 2.13. The molecule has 0 fully saturated rings. The minimum Gasteiger partial charge on any atom is -0.338 e. The molecule has 0 saturated carbocycles. The molecule has 1 rings (SSSR count). The van der Waals surface area contributed by atoms with Crippen LogP contribution in [0.1, 0.15) is 0 Å². The van der Waals surface area contributed by atoms with Crippen LogP contribution in [-0.4, -0.2) is 19.1 Å². The summed E-state index contributed by atoms with van der Waals surface area (Å²) in [5.74, 6) is -1.59. The zero-order valence-corrected chi connectivity index (χ0v) is 8.65. The molecule has 8 heteroatoms. The number of urea groups is 1. The Balaban J connectivity index is 2.47. The van der Waals surface area contributed by atoms with Crippen LogP contribution in [0.2, 0.25) is 0 Å². The first-order chi connectivity index (χ1) is 8.13. The lowest BCUT2D eigenvalue weighted by Gasteiger charge is -2.07. The third-order valence-corrected chi connectivity index (χ3v) is 1.74. The molecule has 2 amide bonds. The van der Waals surface area contributed by atoms with Crippen molar-refractivity contribution in [2.45, 2.75) is 0 Å². The van der Waals surface area contributed by atoms with E-state index < -0.39 is 17.7 Å². The molecule has 6 nitrogen and oxygen atoms in total. The summed E-state index contributed by atoms with van der Waals surface area (Å²) in [5, 5.41) is 7.71. The Hall–Kier alpha value is -2.34. The third-order valence-electron chi connectivity index (χ3n) is 1.74. The summed E-state index contributed by atoms with van der Waals surface area (Å²) in [5.41, 5.74) is 7.84. The summed E-state index contributed by atoms with van der Waals surface area (Å²) in [6.45, 7) is 0.217. The lowest BCUT2D eigenvalue weighted by molar-refractivity contribution is 0.252. The van der Waals surface area contributed by atoms with E-state index in [1.165, 1.54) is 0 Å². The van der Waals surface area contributed by atoms with Gasteiger partial charge in [-0.15, -0.1) is 0 Å². The standard InChI is InChI=1S/C9H9F2N5O/c10-6-1-2-8(7(11)5-6)15-9(17)13-3-4-14-16-12/h1-2,5H,3-4H2,(H2,13,15,17). The van der Waals surface area contributed by atoms with Gasteiger partial charge in [0.25, 0.3) is 0 Å². The second-order valence-electron chi connectivity index (χ2n) is 2.96. The second kappa shape index (κ2) is 6.29. The molecular formula is C9H9F2N5O. The molecule has 0 aliphatic heterocycles. The molecule has 0 bridgehead atoms. The maximum absolute atomic E-state index is 13.1. The van der Waals surface area contributed by atoms with Crippen molar-refractivity contribution in [2.75, 3.05) is 18.4 Å². The van der Waals surface area contributed by atoms with Crippen LogP contribution in [0.4, 0.5) is 19.3 Å². The Morgan fingerprint density at radius 3 is 2.88 bits per heavy atom. The molecule has 1 aromatic carbocycles. The zero-order chi connectivity index (χ0) is 12.7. The van der Waals surface area contributed by atoms with Crippen LogP contribution in [0.25, 0.3) is 10.4 Å². The van der Waals surface area contributed by atoms with Crippen molar-refractivity contribution in [3.05, 3.63) is 40.3 Å². The van der Waals surface area contributed by atoms with Crippen LogP contribution in [0.15, 0.2) is 23.3 Å². The fourth-order valence-corrected chi connectivity index (χ4v) is 1.02. The lowest BCUT2D eigenvalue weighted by atomic mass is 10.3. The van der Waals surface area contributed by atoms with E-state index in [-0.39, 0.29) is 18.8 Å². The van der Waals surface area contributed by atoms with Gasteiger partial charge in [-0.3, -0.25) is 0 Å². The molecule has 90 valence electrons. The minimum absolute atomic E-state index is 0.0931. The van der Waals surface area contributed by atoms with E-state index in [1.807, 2.05) is 0 Å². The number of hydrogen-bond acceptors (Lipinski definition) is 2. The monoisotopic (exact) mass is 241 g/mol. The van der Waals surface area contributed by atoms with Crippen molar-refractivity contribution in [2.24, 2.45) is 5.11 Å². The summed E-state index contributed by atoms with van der Waals surface area (Å²) in [7, 11) is 0. The smallest absolute Gasteiger partial charge is 0.319 e. The van der Waals surface area contributed by atoms with E-state index >= 15 is 0 Å². The predicted octanol–water partition coefficient (Wildman–Crippen LogP) is 2.40. The Morgan fingerprint density at radius 1 is 1.47 bits per heavy atom. The number of hydrogen-bond donors (Lipinski definition) is 2. The number of nitrogens with zero attached hydrogens (tertiary/aromatic N) is 3. The number of rotatable bonds is 4. The van der Waals surface area contributed by atoms with Gasteiger partial charge in [-0.2, -0.15) is 0 Å². The highest BCUT2D eigenvalue weighted by Gasteiger charge is 2.06. The van der Waals surface area contributed by atoms with Gasteiger partial charge in [-0.1, -0.05) is 5.11 Å². The van der Waals surface area contributed by atoms with Crippen molar-refractivity contribution in [1.29, 1.82) is 0 Å². The van der Waals surface area contributed by atoms with Crippen molar-refractivity contribution >= 4 is 11.7 Å². The highest BCUT2D eigenvalue weighted by Crippen LogP contribution is 2.14. The molecule has 0 aliphatic carbocycles. The molecule has 0 spiro atoms. The Kier molecular flexibility index (Phi) is 4.71. The largest absolute Gasteiger partial charge is 0.338 e. The van der Waals surface area contributed by atoms with E-state index in [9.17, 15) is 13.6 Å². The van der Waals surface area contributed by atoms with Gasteiger partial charge in [0, 0.05) is 24.1 Å². The molecule has 0 heterocycles. The van der Waals surface area contributed by atoms with Gasteiger partial charge < -0.3 is 10.6 Å². The zero-order valence-electron chi connectivity index (χ0n) is 8.65. The van der Waals surface area contributed by atoms with E-state index in [2.05, 4.69) is 20.7 Å². The normalized spacial score (nSPS) is 9.29. The van der Waals surface area contributed by atoms with E-state index in [4.69, 9.17) is 5.53 Å². The van der Waals surface area contributed by atoms with Gasteiger partial charge in [-0.25, -0.2) is 13.6 Å². The van der Waals surface area contributed by atoms with Crippen LogP contribution in [0.5, 0.6) is 0 Å². The molecule has 0 unspecified atom stereocenters. The number of benzene rings is 1. The molecule has 0 aliphatic rings. The first-order valence-corrected chi connectivity index (χ1v) is 4.64. The first-order valence-electron chi connectivity index (χ1n) is 4.64. The maximum atomic E-state index is 13.1. The molecule has 0 atom stereocenters. The predicted molar refractivity (Wildman–Crippen MR) is 57.4 cm³/mol. The van der Waals surface area contributed by atoms with Gasteiger partial charge in [-0.05, 0) is 17.7 Å². The van der Waals surface area contributed by atoms with Gasteiger partial charge >= 0.3 is 6.03 Å². The van der Waals surface area contributed by atoms with Crippen LogP contribution < -0.4 is 10.6 Å². The molecule has 0 saturated heterocycles. The van der Waals surface area contributed by atoms with Crippen molar-refractivity contribution in [1.82, 2.24) is 5.32 Å². The van der Waals surface area contributed by atoms with Gasteiger partial charge in [0.15, 0.2) is 0 Å². The molecule has 1 aromatic rings. The summed E-state index contributed by atoms with van der Waals surface area (Å²) in [6.07, 6.45) is 0. The Bertz CT molecular complexity index is 459. The average Bonchev–Trinajstić information content (AvgIpc) is 2.28. The number of carbonyl (C=O) groups excluding carboxylic acids is 1. The fraction of sp³-hybridized carbons (Fsp3) is 0.222. The lowest BCUT2D eigenvalue weighted by Crippen LogP contribution is -2.30. The van der Waals surface area contributed by atoms with Gasteiger partial charge in [0.2, 0.25) is 0 Å². The van der Waals surface area contributed by atoms with Crippen LogP contribution in [0, 0.1) is 11.6 Å². The second-order valence-corrected chi connectivity index (χ2v) is 2.96. The summed E-state index contributed by atoms with van der Waals surface area (Å²) < 4.78 is 25.7. The minimum atomic E-state index is -0.866. The summed E-state index contributed by atoms with van der Waals surface area (Å²) in [4.78, 5) is 13.7. The number of halogens is 2. The number of anilines is 1. The van der Waals surface area contributed by atoms with Crippen LogP contribution in [0.3, 0.4) is 0 Å². The Labute approximate surface area is 95.3 Å². The first kappa shape index (κ1) is 12.7. The maximum Gasteiger partial charge on any atom is 0.319 e. The van der Waals surface area contributed by atoms with Gasteiger partial charge in [0.1, 0.15) is 11.6 Å². The molecular weight excluding hydrogens is 232 g/mol. The molecule has 17 heavy (non-hydrogen) atoms. The number of amides is 2. The highest BCUT2D eigenvalue weighted by atomic mass is 19.1. The SMILES string of the molecule is [N-]=[N+]=NCCNC(=O)Nc1ccc(F)cc1F. The fourth-order valence-electron chi connectivity index (χ4n) is 1.02. The number of nitrogens with one attached hydrogen (secondary N) is 2. The number of carbonyl (C=O) groups is 1. The number of azide groups is 1. The van der Waals surface area contributed by atoms with Crippen LogP contribution >= 0.6 is 0 Å². The molecule has 0 aromatic heterocycles. The van der Waals surface area contributed by atoms with Gasteiger partial charge in [0.05, 0.1) is 5.69 Å². The molecule has 0 radical (unpaired) electrons. The highest BCUT2D eigenvalue weighted by molar-refractivity contribution is 5.89. The third kappa shape index (κ3) is 4.35. The Morgan fingerprint density at radius 2 is 2.24 bits per heavy atom. The quantitative estimate of drug-likeness (QED) is 0.360. The van der Waals surface area contributed by atoms with Crippen molar-refractivity contribution in [3.8, 4) is 0 Å². The van der Waals surface area contributed by atoms with E-state index in [0.717, 1.165) is 12.1 Å². The summed E-state index contributed by atoms with van der Waals surface area (Å²) >= 11 is 0.